The Balaban J connectivity index is 2.78. The SMILES string of the molecule is CCC(C#N)/C(=N/C#N)N1CCCCC1. The van der Waals surface area contributed by atoms with E-state index in [1.807, 2.05) is 13.1 Å². The maximum Gasteiger partial charge on any atom is 0.207 e. The van der Waals surface area contributed by atoms with Crippen LogP contribution in [0.5, 0.6) is 0 Å². The Bertz CT molecular complexity index is 302. The second kappa shape index (κ2) is 6.03. The first-order valence-electron chi connectivity index (χ1n) is 5.44. The Morgan fingerprint density at radius 1 is 1.33 bits per heavy atom. The van der Waals surface area contributed by atoms with Crippen LogP contribution in [0.15, 0.2) is 4.99 Å². The molecule has 0 aromatic carbocycles. The van der Waals surface area contributed by atoms with E-state index in [1.165, 1.54) is 6.42 Å². The second-order valence-corrected chi connectivity index (χ2v) is 3.71. The maximum atomic E-state index is 8.99. The number of hydrogen-bond acceptors (Lipinski definition) is 3. The molecule has 0 aromatic rings. The fourth-order valence-electron chi connectivity index (χ4n) is 1.87. The minimum atomic E-state index is -0.234. The molecule has 15 heavy (non-hydrogen) atoms. The molecule has 4 heteroatoms. The first kappa shape index (κ1) is 11.5. The topological polar surface area (TPSA) is 63.2 Å². The van der Waals surface area contributed by atoms with Crippen molar-refractivity contribution in [1.82, 2.24) is 4.90 Å². The van der Waals surface area contributed by atoms with Crippen molar-refractivity contribution in [3.63, 3.8) is 0 Å². The van der Waals surface area contributed by atoms with Gasteiger partial charge in [0.15, 0.2) is 0 Å². The molecule has 1 unspecified atom stereocenters. The lowest BCUT2D eigenvalue weighted by molar-refractivity contribution is 0.331. The molecule has 0 N–H and O–H groups in total. The first-order valence-corrected chi connectivity index (χ1v) is 5.44. The van der Waals surface area contributed by atoms with Gasteiger partial charge < -0.3 is 4.90 Å². The van der Waals surface area contributed by atoms with Gasteiger partial charge in [-0.25, -0.2) is 0 Å². The minimum Gasteiger partial charge on any atom is -0.358 e. The Morgan fingerprint density at radius 3 is 2.47 bits per heavy atom. The number of rotatable bonds is 2. The van der Waals surface area contributed by atoms with Crippen molar-refractivity contribution in [2.75, 3.05) is 13.1 Å². The van der Waals surface area contributed by atoms with Crippen LogP contribution in [-0.2, 0) is 0 Å². The predicted octanol–water partition coefficient (Wildman–Crippen LogP) is 1.90. The molecular weight excluding hydrogens is 188 g/mol. The Labute approximate surface area is 90.8 Å². The van der Waals surface area contributed by atoms with E-state index in [1.54, 1.807) is 0 Å². The van der Waals surface area contributed by atoms with Crippen LogP contribution in [0.25, 0.3) is 0 Å². The molecule has 1 atom stereocenters. The smallest absolute Gasteiger partial charge is 0.207 e. The lowest BCUT2D eigenvalue weighted by atomic mass is 10.0. The van der Waals surface area contributed by atoms with Crippen molar-refractivity contribution >= 4 is 5.84 Å². The average molecular weight is 204 g/mol. The zero-order valence-electron chi connectivity index (χ0n) is 9.11. The summed E-state index contributed by atoms with van der Waals surface area (Å²) in [5, 5.41) is 17.6. The van der Waals surface area contributed by atoms with E-state index in [4.69, 9.17) is 10.5 Å². The van der Waals surface area contributed by atoms with E-state index >= 15 is 0 Å². The van der Waals surface area contributed by atoms with Crippen LogP contribution in [-0.4, -0.2) is 23.8 Å². The monoisotopic (exact) mass is 204 g/mol. The summed E-state index contributed by atoms with van der Waals surface area (Å²) in [6.45, 7) is 3.81. The molecule has 0 spiro atoms. The molecule has 1 heterocycles. The van der Waals surface area contributed by atoms with E-state index in [-0.39, 0.29) is 5.92 Å². The summed E-state index contributed by atoms with van der Waals surface area (Å²) in [5.74, 6) is 0.435. The Hall–Kier alpha value is -1.55. The molecule has 1 aliphatic heterocycles. The van der Waals surface area contributed by atoms with Gasteiger partial charge in [0.05, 0.1) is 6.07 Å². The fraction of sp³-hybridized carbons (Fsp3) is 0.727. The molecule has 1 rings (SSSR count). The quantitative estimate of drug-likeness (QED) is 0.392. The summed E-state index contributed by atoms with van der Waals surface area (Å²) in [6, 6.07) is 2.21. The van der Waals surface area contributed by atoms with Crippen molar-refractivity contribution in [1.29, 1.82) is 10.5 Å². The number of piperidine rings is 1. The summed E-state index contributed by atoms with van der Waals surface area (Å²) < 4.78 is 0. The number of aliphatic imine (C=N–C) groups is 1. The third kappa shape index (κ3) is 2.95. The number of hydrogen-bond donors (Lipinski definition) is 0. The van der Waals surface area contributed by atoms with Crippen molar-refractivity contribution in [2.24, 2.45) is 10.9 Å². The minimum absolute atomic E-state index is 0.234. The third-order valence-corrected chi connectivity index (χ3v) is 2.72. The zero-order chi connectivity index (χ0) is 11.1. The number of nitrogens with zero attached hydrogens (tertiary/aromatic N) is 4. The van der Waals surface area contributed by atoms with Crippen molar-refractivity contribution in [3.8, 4) is 12.3 Å². The van der Waals surface area contributed by atoms with E-state index < -0.39 is 0 Å². The van der Waals surface area contributed by atoms with Gasteiger partial charge in [-0.15, -0.1) is 0 Å². The molecule has 0 saturated carbocycles. The van der Waals surface area contributed by atoms with E-state index in [9.17, 15) is 0 Å². The van der Waals surface area contributed by atoms with Gasteiger partial charge in [0.25, 0.3) is 0 Å². The molecule has 0 aliphatic carbocycles. The molecular formula is C11H16N4. The number of nitriles is 2. The lowest BCUT2D eigenvalue weighted by Gasteiger charge is -2.30. The summed E-state index contributed by atoms with van der Waals surface area (Å²) >= 11 is 0. The Morgan fingerprint density at radius 2 is 2.00 bits per heavy atom. The number of likely N-dealkylation sites (tertiary alicyclic amines) is 1. The van der Waals surface area contributed by atoms with Crippen LogP contribution in [0, 0.1) is 28.7 Å². The molecule has 0 amide bonds. The summed E-state index contributed by atoms with van der Waals surface area (Å²) in [6.07, 6.45) is 6.02. The van der Waals surface area contributed by atoms with Crippen molar-refractivity contribution in [2.45, 2.75) is 32.6 Å². The normalized spacial score (nSPS) is 19.1. The molecule has 0 bridgehead atoms. The van der Waals surface area contributed by atoms with Gasteiger partial charge in [-0.2, -0.15) is 15.5 Å². The highest BCUT2D eigenvalue weighted by molar-refractivity contribution is 5.87. The van der Waals surface area contributed by atoms with Crippen LogP contribution in [0.1, 0.15) is 32.6 Å². The van der Waals surface area contributed by atoms with Gasteiger partial charge in [0.2, 0.25) is 6.19 Å². The second-order valence-electron chi connectivity index (χ2n) is 3.71. The molecule has 1 aliphatic rings. The van der Waals surface area contributed by atoms with Gasteiger partial charge in [-0.3, -0.25) is 0 Å². The Kier molecular flexibility index (Phi) is 4.63. The average Bonchev–Trinajstić information content (AvgIpc) is 2.30. The first-order chi connectivity index (χ1) is 7.33. The molecule has 80 valence electrons. The highest BCUT2D eigenvalue weighted by Gasteiger charge is 2.22. The molecule has 4 nitrogen and oxygen atoms in total. The lowest BCUT2D eigenvalue weighted by Crippen LogP contribution is -2.39. The van der Waals surface area contributed by atoms with Gasteiger partial charge in [0.1, 0.15) is 11.8 Å². The van der Waals surface area contributed by atoms with E-state index in [2.05, 4.69) is 16.0 Å². The van der Waals surface area contributed by atoms with Gasteiger partial charge in [0, 0.05) is 13.1 Å². The van der Waals surface area contributed by atoms with Crippen molar-refractivity contribution in [3.05, 3.63) is 0 Å². The van der Waals surface area contributed by atoms with Gasteiger partial charge in [-0.05, 0) is 25.7 Å². The largest absolute Gasteiger partial charge is 0.358 e. The number of amidine groups is 1. The molecule has 0 radical (unpaired) electrons. The molecule has 0 aromatic heterocycles. The summed E-state index contributed by atoms with van der Waals surface area (Å²) in [7, 11) is 0. The highest BCUT2D eigenvalue weighted by atomic mass is 15.2. The van der Waals surface area contributed by atoms with Crippen LogP contribution < -0.4 is 0 Å². The van der Waals surface area contributed by atoms with Gasteiger partial charge in [-0.1, -0.05) is 6.92 Å². The van der Waals surface area contributed by atoms with Crippen LogP contribution >= 0.6 is 0 Å². The summed E-state index contributed by atoms with van der Waals surface area (Å²) in [5.41, 5.74) is 0. The van der Waals surface area contributed by atoms with E-state index in [0.717, 1.165) is 25.9 Å². The van der Waals surface area contributed by atoms with Crippen LogP contribution in [0.3, 0.4) is 0 Å². The molecule has 1 fully saturated rings. The highest BCUT2D eigenvalue weighted by Crippen LogP contribution is 2.15. The van der Waals surface area contributed by atoms with Crippen molar-refractivity contribution < 1.29 is 0 Å². The zero-order valence-corrected chi connectivity index (χ0v) is 9.11. The van der Waals surface area contributed by atoms with Crippen LogP contribution in [0.4, 0.5) is 0 Å². The fourth-order valence-corrected chi connectivity index (χ4v) is 1.87. The predicted molar refractivity (Wildman–Crippen MR) is 57.9 cm³/mol. The van der Waals surface area contributed by atoms with E-state index in [0.29, 0.717) is 12.3 Å². The standard InChI is InChI=1S/C11H16N4/c1-2-10(8-12)11(14-9-13)15-6-4-3-5-7-15/h10H,2-7H2,1H3/b14-11-. The molecule has 1 saturated heterocycles. The van der Waals surface area contributed by atoms with Gasteiger partial charge >= 0.3 is 0 Å². The maximum absolute atomic E-state index is 8.99. The van der Waals surface area contributed by atoms with Crippen LogP contribution in [0.2, 0.25) is 0 Å². The summed E-state index contributed by atoms with van der Waals surface area (Å²) in [4.78, 5) is 5.90. The third-order valence-electron chi connectivity index (χ3n) is 2.72.